The average Bonchev–Trinajstić information content (AvgIpc) is 2.07. The van der Waals surface area contributed by atoms with Crippen LogP contribution in [0.5, 0.6) is 11.6 Å². The highest BCUT2D eigenvalue weighted by Crippen LogP contribution is 2.24. The van der Waals surface area contributed by atoms with Gasteiger partial charge in [0.15, 0.2) is 0 Å². The van der Waals surface area contributed by atoms with Crippen LogP contribution >= 0.6 is 0 Å². The molecule has 0 fully saturated rings. The second kappa shape index (κ2) is 3.88. The van der Waals surface area contributed by atoms with Crippen molar-refractivity contribution in [2.45, 2.75) is 6.61 Å². The average molecular weight is 190 g/mol. The van der Waals surface area contributed by atoms with Crippen LogP contribution in [0.3, 0.4) is 0 Å². The smallest absolute Gasteiger partial charge is 0.388 e. The standard InChI is InChI=1S/C7H8F2N2O2/c1-12-5-2-6(13-7(8)9)11-3-4(5)10/h2-3,7H,10H2,1H3. The van der Waals surface area contributed by atoms with Crippen molar-refractivity contribution in [1.82, 2.24) is 4.98 Å². The van der Waals surface area contributed by atoms with Crippen LogP contribution in [-0.2, 0) is 0 Å². The predicted molar refractivity (Wildman–Crippen MR) is 41.8 cm³/mol. The Morgan fingerprint density at radius 2 is 2.23 bits per heavy atom. The summed E-state index contributed by atoms with van der Waals surface area (Å²) in [5.41, 5.74) is 5.67. The molecule has 0 saturated heterocycles. The number of alkyl halides is 2. The van der Waals surface area contributed by atoms with Gasteiger partial charge >= 0.3 is 6.61 Å². The Bertz CT molecular complexity index is 294. The van der Waals surface area contributed by atoms with Gasteiger partial charge in [-0.25, -0.2) is 4.98 Å². The van der Waals surface area contributed by atoms with Gasteiger partial charge in [0.2, 0.25) is 5.88 Å². The third-order valence-corrected chi connectivity index (χ3v) is 1.30. The molecule has 0 spiro atoms. The number of rotatable bonds is 3. The number of halogens is 2. The van der Waals surface area contributed by atoms with Crippen molar-refractivity contribution in [3.05, 3.63) is 12.3 Å². The van der Waals surface area contributed by atoms with Gasteiger partial charge in [0, 0.05) is 6.07 Å². The summed E-state index contributed by atoms with van der Waals surface area (Å²) >= 11 is 0. The number of nitrogens with two attached hydrogens (primary N) is 1. The molecule has 0 aliphatic rings. The molecule has 1 aromatic rings. The zero-order chi connectivity index (χ0) is 9.84. The van der Waals surface area contributed by atoms with Crippen LogP contribution in [-0.4, -0.2) is 18.7 Å². The van der Waals surface area contributed by atoms with E-state index in [2.05, 4.69) is 9.72 Å². The highest BCUT2D eigenvalue weighted by molar-refractivity contribution is 5.52. The molecule has 0 unspecified atom stereocenters. The lowest BCUT2D eigenvalue weighted by atomic mass is 10.4. The predicted octanol–water partition coefficient (Wildman–Crippen LogP) is 1.27. The molecule has 1 aromatic heterocycles. The maximum atomic E-state index is 11.7. The Labute approximate surface area is 73.3 Å². The van der Waals surface area contributed by atoms with Gasteiger partial charge in [-0.15, -0.1) is 0 Å². The number of methoxy groups -OCH3 is 1. The molecule has 1 rings (SSSR count). The highest BCUT2D eigenvalue weighted by atomic mass is 19.3. The lowest BCUT2D eigenvalue weighted by Gasteiger charge is -2.06. The van der Waals surface area contributed by atoms with Crippen molar-refractivity contribution in [1.29, 1.82) is 0 Å². The van der Waals surface area contributed by atoms with E-state index in [1.165, 1.54) is 19.4 Å². The third kappa shape index (κ3) is 2.43. The van der Waals surface area contributed by atoms with E-state index in [1.54, 1.807) is 0 Å². The van der Waals surface area contributed by atoms with E-state index in [-0.39, 0.29) is 17.3 Å². The van der Waals surface area contributed by atoms with Gasteiger partial charge in [0.25, 0.3) is 0 Å². The number of pyridine rings is 1. The van der Waals surface area contributed by atoms with Crippen molar-refractivity contribution in [2.75, 3.05) is 12.8 Å². The molecule has 0 radical (unpaired) electrons. The van der Waals surface area contributed by atoms with Crippen LogP contribution < -0.4 is 15.2 Å². The normalized spacial score (nSPS) is 10.2. The summed E-state index contributed by atoms with van der Waals surface area (Å²) < 4.78 is 32.3. The summed E-state index contributed by atoms with van der Waals surface area (Å²) in [5.74, 6) is 0.0340. The minimum absolute atomic E-state index is 0.221. The monoisotopic (exact) mass is 190 g/mol. The minimum atomic E-state index is -2.90. The molecule has 0 aliphatic carbocycles. The van der Waals surface area contributed by atoms with E-state index in [4.69, 9.17) is 10.5 Å². The molecule has 0 saturated carbocycles. The zero-order valence-corrected chi connectivity index (χ0v) is 6.83. The number of hydrogen-bond donors (Lipinski definition) is 1. The topological polar surface area (TPSA) is 57.4 Å². The Kier molecular flexibility index (Phi) is 2.84. The van der Waals surface area contributed by atoms with Gasteiger partial charge in [0.1, 0.15) is 5.75 Å². The summed E-state index contributed by atoms with van der Waals surface area (Å²) in [7, 11) is 1.37. The van der Waals surface area contributed by atoms with E-state index in [9.17, 15) is 8.78 Å². The molecule has 0 bridgehead atoms. The molecule has 4 nitrogen and oxygen atoms in total. The summed E-state index contributed by atoms with van der Waals surface area (Å²) in [6.45, 7) is -2.90. The number of ether oxygens (including phenoxy) is 2. The number of aromatic nitrogens is 1. The first-order chi connectivity index (χ1) is 6.13. The number of nitrogens with zero attached hydrogens (tertiary/aromatic N) is 1. The van der Waals surface area contributed by atoms with Crippen LogP contribution in [0.25, 0.3) is 0 Å². The third-order valence-electron chi connectivity index (χ3n) is 1.30. The first kappa shape index (κ1) is 9.50. The van der Waals surface area contributed by atoms with Gasteiger partial charge in [-0.05, 0) is 0 Å². The van der Waals surface area contributed by atoms with Gasteiger partial charge in [-0.3, -0.25) is 0 Å². The maximum absolute atomic E-state index is 11.7. The van der Waals surface area contributed by atoms with E-state index < -0.39 is 6.61 Å². The summed E-state index contributed by atoms with van der Waals surface area (Å²) in [6.07, 6.45) is 1.19. The van der Waals surface area contributed by atoms with Crippen molar-refractivity contribution < 1.29 is 18.3 Å². The molecule has 2 N–H and O–H groups in total. The van der Waals surface area contributed by atoms with Crippen molar-refractivity contribution in [3.63, 3.8) is 0 Å². The van der Waals surface area contributed by atoms with E-state index in [1.807, 2.05) is 0 Å². The molecule has 13 heavy (non-hydrogen) atoms. The first-order valence-corrected chi connectivity index (χ1v) is 3.38. The molecule has 1 heterocycles. The summed E-state index contributed by atoms with van der Waals surface area (Å²) in [4.78, 5) is 3.52. The van der Waals surface area contributed by atoms with Gasteiger partial charge in [-0.2, -0.15) is 8.78 Å². The first-order valence-electron chi connectivity index (χ1n) is 3.38. The fourth-order valence-electron chi connectivity index (χ4n) is 0.762. The number of hydrogen-bond acceptors (Lipinski definition) is 4. The lowest BCUT2D eigenvalue weighted by molar-refractivity contribution is -0.0529. The summed E-state index contributed by atoms with van der Waals surface area (Å²) in [6, 6.07) is 1.20. The van der Waals surface area contributed by atoms with Crippen LogP contribution in [0.2, 0.25) is 0 Å². The largest absolute Gasteiger partial charge is 0.494 e. The SMILES string of the molecule is COc1cc(OC(F)F)ncc1N. The van der Waals surface area contributed by atoms with Crippen LogP contribution in [0, 0.1) is 0 Å². The fraction of sp³-hybridized carbons (Fsp3) is 0.286. The van der Waals surface area contributed by atoms with Gasteiger partial charge in [-0.1, -0.05) is 0 Å². The van der Waals surface area contributed by atoms with Crippen LogP contribution in [0.1, 0.15) is 0 Å². The molecule has 0 aliphatic heterocycles. The van der Waals surface area contributed by atoms with E-state index in [0.717, 1.165) is 0 Å². The molecule has 6 heteroatoms. The quantitative estimate of drug-likeness (QED) is 0.779. The number of nitrogen functional groups attached to an aromatic ring is 1. The minimum Gasteiger partial charge on any atom is -0.494 e. The second-order valence-corrected chi connectivity index (χ2v) is 2.14. The Hall–Kier alpha value is -1.59. The second-order valence-electron chi connectivity index (χ2n) is 2.14. The van der Waals surface area contributed by atoms with E-state index >= 15 is 0 Å². The summed E-state index contributed by atoms with van der Waals surface area (Å²) in [5, 5.41) is 0. The molecular formula is C7H8F2N2O2. The lowest BCUT2D eigenvalue weighted by Crippen LogP contribution is -2.04. The molecule has 0 amide bonds. The van der Waals surface area contributed by atoms with Crippen LogP contribution in [0.4, 0.5) is 14.5 Å². The molecular weight excluding hydrogens is 182 g/mol. The van der Waals surface area contributed by atoms with Crippen molar-refractivity contribution >= 4 is 5.69 Å². The molecule has 0 aromatic carbocycles. The van der Waals surface area contributed by atoms with E-state index in [0.29, 0.717) is 0 Å². The van der Waals surface area contributed by atoms with Gasteiger partial charge in [0.05, 0.1) is 19.0 Å². The maximum Gasteiger partial charge on any atom is 0.388 e. The number of anilines is 1. The Balaban J connectivity index is 2.86. The Morgan fingerprint density at radius 3 is 2.77 bits per heavy atom. The van der Waals surface area contributed by atoms with Crippen LogP contribution in [0.15, 0.2) is 12.3 Å². The highest BCUT2D eigenvalue weighted by Gasteiger charge is 2.08. The Morgan fingerprint density at radius 1 is 1.54 bits per heavy atom. The van der Waals surface area contributed by atoms with Gasteiger partial charge < -0.3 is 15.2 Å². The zero-order valence-electron chi connectivity index (χ0n) is 6.83. The molecule has 0 atom stereocenters. The van der Waals surface area contributed by atoms with Crippen molar-refractivity contribution in [2.24, 2.45) is 0 Å². The van der Waals surface area contributed by atoms with Crippen molar-refractivity contribution in [3.8, 4) is 11.6 Å². The fourth-order valence-corrected chi connectivity index (χ4v) is 0.762. The molecule has 72 valence electrons.